The third kappa shape index (κ3) is 3.34. The summed E-state index contributed by atoms with van der Waals surface area (Å²) in [6.07, 6.45) is 5.60. The Morgan fingerprint density at radius 3 is 2.00 bits per heavy atom. The van der Waals surface area contributed by atoms with Crippen molar-refractivity contribution in [3.8, 4) is 0 Å². The van der Waals surface area contributed by atoms with Crippen molar-refractivity contribution in [3.63, 3.8) is 0 Å². The first-order valence-corrected chi connectivity index (χ1v) is 6.53. The summed E-state index contributed by atoms with van der Waals surface area (Å²) in [6.45, 7) is 8.10. The van der Waals surface area contributed by atoms with Crippen molar-refractivity contribution in [1.29, 1.82) is 0 Å². The molecule has 0 radical (unpaired) electrons. The van der Waals surface area contributed by atoms with Gasteiger partial charge in [0, 0.05) is 6.54 Å². The Morgan fingerprint density at radius 1 is 0.875 bits per heavy atom. The number of hydrogen-bond donors (Lipinski definition) is 0. The van der Waals surface area contributed by atoms with E-state index in [1.807, 2.05) is 0 Å². The maximum absolute atomic E-state index is 2.61. The van der Waals surface area contributed by atoms with Crippen molar-refractivity contribution in [2.45, 2.75) is 46.1 Å². The topological polar surface area (TPSA) is 3.24 Å². The maximum atomic E-state index is 2.61. The summed E-state index contributed by atoms with van der Waals surface area (Å²) < 4.78 is 0. The molecule has 0 amide bonds. The van der Waals surface area contributed by atoms with Crippen molar-refractivity contribution in [2.75, 3.05) is 13.1 Å². The molecule has 1 heteroatoms. The minimum absolute atomic E-state index is 1.14. The van der Waals surface area contributed by atoms with Crippen LogP contribution in [0.5, 0.6) is 0 Å². The van der Waals surface area contributed by atoms with Crippen molar-refractivity contribution in [3.05, 3.63) is 34.9 Å². The van der Waals surface area contributed by atoms with Gasteiger partial charge >= 0.3 is 0 Å². The second-order valence-electron chi connectivity index (χ2n) is 5.19. The van der Waals surface area contributed by atoms with Crippen molar-refractivity contribution < 1.29 is 0 Å². The molecule has 0 aliphatic carbocycles. The van der Waals surface area contributed by atoms with Crippen LogP contribution in [0.2, 0.25) is 0 Å². The zero-order valence-corrected chi connectivity index (χ0v) is 10.6. The molecular formula is C15H23N. The predicted molar refractivity (Wildman–Crippen MR) is 69.7 cm³/mol. The highest BCUT2D eigenvalue weighted by molar-refractivity contribution is 5.28. The van der Waals surface area contributed by atoms with E-state index >= 15 is 0 Å². The Morgan fingerprint density at radius 2 is 1.44 bits per heavy atom. The Hall–Kier alpha value is -0.820. The Balaban J connectivity index is 2.01. The lowest BCUT2D eigenvalue weighted by molar-refractivity contribution is 0.277. The van der Waals surface area contributed by atoms with Gasteiger partial charge in [0.25, 0.3) is 0 Å². The molecule has 0 bridgehead atoms. The number of hydrogen-bond acceptors (Lipinski definition) is 1. The van der Waals surface area contributed by atoms with E-state index in [2.05, 4.69) is 36.9 Å². The van der Waals surface area contributed by atoms with Crippen LogP contribution in [-0.4, -0.2) is 18.0 Å². The Kier molecular flexibility index (Phi) is 4.00. The minimum atomic E-state index is 1.14. The van der Waals surface area contributed by atoms with E-state index in [0.717, 1.165) is 6.54 Å². The zero-order chi connectivity index (χ0) is 11.4. The second-order valence-corrected chi connectivity index (χ2v) is 5.19. The van der Waals surface area contributed by atoms with Gasteiger partial charge in [-0.2, -0.15) is 0 Å². The molecule has 0 N–H and O–H groups in total. The molecule has 16 heavy (non-hydrogen) atoms. The molecular weight excluding hydrogens is 194 g/mol. The van der Waals surface area contributed by atoms with Crippen LogP contribution in [0.15, 0.2) is 18.2 Å². The number of aryl methyl sites for hydroxylation is 2. The summed E-state index contributed by atoms with van der Waals surface area (Å²) in [4.78, 5) is 2.61. The first-order chi connectivity index (χ1) is 7.74. The Labute approximate surface area is 99.5 Å². The minimum Gasteiger partial charge on any atom is -0.299 e. The molecule has 1 fully saturated rings. The van der Waals surface area contributed by atoms with Crippen LogP contribution < -0.4 is 0 Å². The predicted octanol–water partition coefficient (Wildman–Crippen LogP) is 3.68. The largest absolute Gasteiger partial charge is 0.299 e. The van der Waals surface area contributed by atoms with Gasteiger partial charge in [0.05, 0.1) is 0 Å². The SMILES string of the molecule is Cc1cc(C)cc(CN2CCCCCC2)c1. The van der Waals surface area contributed by atoms with Crippen LogP contribution in [0.4, 0.5) is 0 Å². The molecule has 2 rings (SSSR count). The number of rotatable bonds is 2. The van der Waals surface area contributed by atoms with Crippen molar-refractivity contribution in [1.82, 2.24) is 4.90 Å². The summed E-state index contributed by atoms with van der Waals surface area (Å²) in [7, 11) is 0. The molecule has 0 unspecified atom stereocenters. The van der Waals surface area contributed by atoms with Gasteiger partial charge in [-0.25, -0.2) is 0 Å². The van der Waals surface area contributed by atoms with Crippen molar-refractivity contribution in [2.24, 2.45) is 0 Å². The first kappa shape index (κ1) is 11.7. The lowest BCUT2D eigenvalue weighted by atomic mass is 10.1. The smallest absolute Gasteiger partial charge is 0.0233 e. The standard InChI is InChI=1S/C15H23N/c1-13-9-14(2)11-15(10-13)12-16-7-5-3-4-6-8-16/h9-11H,3-8,12H2,1-2H3. The first-order valence-electron chi connectivity index (χ1n) is 6.53. The van der Waals surface area contributed by atoms with E-state index in [4.69, 9.17) is 0 Å². The van der Waals surface area contributed by atoms with E-state index in [1.165, 1.54) is 55.5 Å². The summed E-state index contributed by atoms with van der Waals surface area (Å²) in [5.74, 6) is 0. The van der Waals surface area contributed by atoms with Crippen LogP contribution in [-0.2, 0) is 6.54 Å². The lowest BCUT2D eigenvalue weighted by Crippen LogP contribution is -2.24. The van der Waals surface area contributed by atoms with Crippen LogP contribution in [0.25, 0.3) is 0 Å². The average Bonchev–Trinajstić information content (AvgIpc) is 2.44. The van der Waals surface area contributed by atoms with Gasteiger partial charge in [0.2, 0.25) is 0 Å². The van der Waals surface area contributed by atoms with Crippen LogP contribution >= 0.6 is 0 Å². The molecule has 1 aliphatic heterocycles. The molecule has 1 aliphatic rings. The molecule has 0 saturated carbocycles. The van der Waals surface area contributed by atoms with Crippen LogP contribution in [0.1, 0.15) is 42.4 Å². The van der Waals surface area contributed by atoms with Gasteiger partial charge in [-0.05, 0) is 45.3 Å². The number of nitrogens with zero attached hydrogens (tertiary/aromatic N) is 1. The molecule has 1 nitrogen and oxygen atoms in total. The van der Waals surface area contributed by atoms with E-state index in [-0.39, 0.29) is 0 Å². The fourth-order valence-electron chi connectivity index (χ4n) is 2.71. The quantitative estimate of drug-likeness (QED) is 0.730. The third-order valence-electron chi connectivity index (χ3n) is 3.39. The molecule has 1 aromatic rings. The van der Waals surface area contributed by atoms with E-state index in [1.54, 1.807) is 0 Å². The van der Waals surface area contributed by atoms with E-state index < -0.39 is 0 Å². The zero-order valence-electron chi connectivity index (χ0n) is 10.6. The second kappa shape index (κ2) is 5.49. The Bertz CT molecular complexity index is 315. The van der Waals surface area contributed by atoms with E-state index in [9.17, 15) is 0 Å². The third-order valence-corrected chi connectivity index (χ3v) is 3.39. The van der Waals surface area contributed by atoms with Gasteiger partial charge in [-0.3, -0.25) is 4.90 Å². The fourth-order valence-corrected chi connectivity index (χ4v) is 2.71. The van der Waals surface area contributed by atoms with Gasteiger partial charge in [0.15, 0.2) is 0 Å². The molecule has 1 aromatic carbocycles. The average molecular weight is 217 g/mol. The molecule has 88 valence electrons. The molecule has 0 atom stereocenters. The molecule has 0 aromatic heterocycles. The van der Waals surface area contributed by atoms with Gasteiger partial charge in [-0.15, -0.1) is 0 Å². The summed E-state index contributed by atoms with van der Waals surface area (Å²) in [6, 6.07) is 6.92. The van der Waals surface area contributed by atoms with Gasteiger partial charge < -0.3 is 0 Å². The van der Waals surface area contributed by atoms with E-state index in [0.29, 0.717) is 0 Å². The highest BCUT2D eigenvalue weighted by Gasteiger charge is 2.09. The summed E-state index contributed by atoms with van der Waals surface area (Å²) >= 11 is 0. The number of benzene rings is 1. The maximum Gasteiger partial charge on any atom is 0.0233 e. The molecule has 1 saturated heterocycles. The van der Waals surface area contributed by atoms with Gasteiger partial charge in [0.1, 0.15) is 0 Å². The summed E-state index contributed by atoms with van der Waals surface area (Å²) in [5, 5.41) is 0. The normalized spacial score (nSPS) is 18.4. The van der Waals surface area contributed by atoms with Gasteiger partial charge in [-0.1, -0.05) is 42.2 Å². The lowest BCUT2D eigenvalue weighted by Gasteiger charge is -2.20. The summed E-state index contributed by atoms with van der Waals surface area (Å²) in [5.41, 5.74) is 4.27. The highest BCUT2D eigenvalue weighted by Crippen LogP contribution is 2.15. The highest BCUT2D eigenvalue weighted by atomic mass is 15.1. The monoisotopic (exact) mass is 217 g/mol. The molecule has 1 heterocycles. The van der Waals surface area contributed by atoms with Crippen LogP contribution in [0.3, 0.4) is 0 Å². The molecule has 0 spiro atoms. The fraction of sp³-hybridized carbons (Fsp3) is 0.600. The van der Waals surface area contributed by atoms with Crippen molar-refractivity contribution >= 4 is 0 Å². The van der Waals surface area contributed by atoms with Crippen LogP contribution in [0, 0.1) is 13.8 Å². The number of likely N-dealkylation sites (tertiary alicyclic amines) is 1.